The maximum atomic E-state index is 9.03. The van der Waals surface area contributed by atoms with Gasteiger partial charge in [0.25, 0.3) is 0 Å². The molecular weight excluding hydrogens is 288 g/mol. The zero-order chi connectivity index (χ0) is 15.4. The van der Waals surface area contributed by atoms with Crippen molar-refractivity contribution in [2.45, 2.75) is 25.8 Å². The molecule has 1 aliphatic heterocycles. The number of amidine groups is 1. The Hall–Kier alpha value is -1.46. The van der Waals surface area contributed by atoms with Gasteiger partial charge in [-0.1, -0.05) is 29.7 Å². The van der Waals surface area contributed by atoms with Gasteiger partial charge >= 0.3 is 0 Å². The first kappa shape index (κ1) is 15.9. The van der Waals surface area contributed by atoms with Crippen LogP contribution < -0.4 is 10.6 Å². The molecule has 0 amide bonds. The van der Waals surface area contributed by atoms with Crippen molar-refractivity contribution in [2.24, 2.45) is 10.9 Å². The van der Waals surface area contributed by atoms with Crippen molar-refractivity contribution in [1.82, 2.24) is 4.90 Å². The highest BCUT2D eigenvalue weighted by Crippen LogP contribution is 2.30. The lowest BCUT2D eigenvalue weighted by molar-refractivity contribution is 0.318. The molecule has 1 aliphatic rings. The van der Waals surface area contributed by atoms with Crippen molar-refractivity contribution >= 4 is 23.1 Å². The SMILES string of the molecule is CCC1CN(C)CCCN1c1cccc(Cl)c1/C(N)=N/O. The van der Waals surface area contributed by atoms with Crippen molar-refractivity contribution in [3.63, 3.8) is 0 Å². The van der Waals surface area contributed by atoms with Gasteiger partial charge in [-0.3, -0.25) is 0 Å². The van der Waals surface area contributed by atoms with Crippen LogP contribution in [0.15, 0.2) is 23.4 Å². The summed E-state index contributed by atoms with van der Waals surface area (Å²) in [5, 5.41) is 12.7. The normalized spacial score (nSPS) is 21.4. The number of likely N-dealkylation sites (N-methyl/N-ethyl adjacent to an activating group) is 1. The van der Waals surface area contributed by atoms with Gasteiger partial charge in [0.05, 0.1) is 10.6 Å². The molecule has 1 aromatic carbocycles. The molecule has 0 radical (unpaired) electrons. The first-order chi connectivity index (χ1) is 10.1. The van der Waals surface area contributed by atoms with Gasteiger partial charge in [0.15, 0.2) is 5.84 Å². The van der Waals surface area contributed by atoms with E-state index in [9.17, 15) is 0 Å². The average molecular weight is 311 g/mol. The van der Waals surface area contributed by atoms with Gasteiger partial charge in [0, 0.05) is 24.8 Å². The molecule has 0 saturated carbocycles. The Labute approximate surface area is 131 Å². The third-order valence-electron chi connectivity index (χ3n) is 4.04. The molecule has 0 aliphatic carbocycles. The molecule has 1 saturated heterocycles. The Morgan fingerprint density at radius 1 is 1.48 bits per heavy atom. The Bertz CT molecular complexity index is 520. The highest BCUT2D eigenvalue weighted by molar-refractivity contribution is 6.34. The van der Waals surface area contributed by atoms with Crippen LogP contribution in [0.3, 0.4) is 0 Å². The minimum absolute atomic E-state index is 0.0584. The van der Waals surface area contributed by atoms with Crippen LogP contribution in [-0.4, -0.2) is 48.7 Å². The smallest absolute Gasteiger partial charge is 0.173 e. The lowest BCUT2D eigenvalue weighted by Crippen LogP contribution is -2.40. The summed E-state index contributed by atoms with van der Waals surface area (Å²) < 4.78 is 0. The van der Waals surface area contributed by atoms with Crippen LogP contribution >= 0.6 is 11.6 Å². The molecule has 1 heterocycles. The summed E-state index contributed by atoms with van der Waals surface area (Å²) in [6.45, 7) is 5.20. The Morgan fingerprint density at radius 3 is 2.90 bits per heavy atom. The summed E-state index contributed by atoms with van der Waals surface area (Å²) in [7, 11) is 2.15. The summed E-state index contributed by atoms with van der Waals surface area (Å²) in [5.41, 5.74) is 7.39. The van der Waals surface area contributed by atoms with Gasteiger partial charge in [0.2, 0.25) is 0 Å². The largest absolute Gasteiger partial charge is 0.409 e. The summed E-state index contributed by atoms with van der Waals surface area (Å²) in [5.74, 6) is 0.0584. The standard InChI is InChI=1S/C15H23ClN4O/c1-3-11-10-19(2)8-5-9-20(11)13-7-4-6-12(16)14(13)15(17)18-21/h4,6-7,11,21H,3,5,8-10H2,1-2H3,(H2,17,18). The number of nitrogens with two attached hydrogens (primary N) is 1. The van der Waals surface area contributed by atoms with E-state index < -0.39 is 0 Å². The number of oxime groups is 1. The molecule has 0 aromatic heterocycles. The number of benzene rings is 1. The maximum Gasteiger partial charge on any atom is 0.173 e. The molecular formula is C15H23ClN4O. The molecule has 21 heavy (non-hydrogen) atoms. The highest BCUT2D eigenvalue weighted by Gasteiger charge is 2.25. The molecule has 1 fully saturated rings. The summed E-state index contributed by atoms with van der Waals surface area (Å²) in [4.78, 5) is 4.69. The second-order valence-electron chi connectivity index (χ2n) is 5.49. The minimum atomic E-state index is 0.0584. The first-order valence-electron chi connectivity index (χ1n) is 7.30. The fourth-order valence-electron chi connectivity index (χ4n) is 2.97. The lowest BCUT2D eigenvalue weighted by Gasteiger charge is -2.33. The van der Waals surface area contributed by atoms with Crippen LogP contribution in [-0.2, 0) is 0 Å². The van der Waals surface area contributed by atoms with Crippen LogP contribution in [0.2, 0.25) is 5.02 Å². The molecule has 1 atom stereocenters. The second-order valence-corrected chi connectivity index (χ2v) is 5.90. The van der Waals surface area contributed by atoms with Gasteiger partial charge in [-0.15, -0.1) is 0 Å². The monoisotopic (exact) mass is 310 g/mol. The maximum absolute atomic E-state index is 9.03. The predicted octanol–water partition coefficient (Wildman–Crippen LogP) is 2.35. The molecule has 3 N–H and O–H groups in total. The van der Waals surface area contributed by atoms with Crippen molar-refractivity contribution in [2.75, 3.05) is 31.6 Å². The Morgan fingerprint density at radius 2 is 2.24 bits per heavy atom. The number of hydrogen-bond donors (Lipinski definition) is 2. The van der Waals surface area contributed by atoms with Crippen LogP contribution in [0.4, 0.5) is 5.69 Å². The van der Waals surface area contributed by atoms with Gasteiger partial charge in [-0.2, -0.15) is 0 Å². The van der Waals surface area contributed by atoms with Gasteiger partial charge < -0.3 is 20.7 Å². The van der Waals surface area contributed by atoms with E-state index in [0.717, 1.165) is 38.2 Å². The predicted molar refractivity (Wildman–Crippen MR) is 87.5 cm³/mol. The van der Waals surface area contributed by atoms with E-state index in [0.29, 0.717) is 16.6 Å². The minimum Gasteiger partial charge on any atom is -0.409 e. The highest BCUT2D eigenvalue weighted by atomic mass is 35.5. The third-order valence-corrected chi connectivity index (χ3v) is 4.35. The fourth-order valence-corrected chi connectivity index (χ4v) is 3.23. The van der Waals surface area contributed by atoms with Crippen LogP contribution in [0.25, 0.3) is 0 Å². The van der Waals surface area contributed by atoms with E-state index in [1.165, 1.54) is 0 Å². The van der Waals surface area contributed by atoms with Crippen molar-refractivity contribution in [3.05, 3.63) is 28.8 Å². The lowest BCUT2D eigenvalue weighted by atomic mass is 10.1. The van der Waals surface area contributed by atoms with Gasteiger partial charge in [-0.05, 0) is 38.6 Å². The van der Waals surface area contributed by atoms with Crippen LogP contribution in [0.1, 0.15) is 25.3 Å². The third kappa shape index (κ3) is 3.41. The average Bonchev–Trinajstić information content (AvgIpc) is 2.67. The van der Waals surface area contributed by atoms with E-state index in [1.54, 1.807) is 6.07 Å². The van der Waals surface area contributed by atoms with E-state index in [4.69, 9.17) is 22.5 Å². The molecule has 0 bridgehead atoms. The quantitative estimate of drug-likeness (QED) is 0.389. The van der Waals surface area contributed by atoms with E-state index in [2.05, 4.69) is 28.9 Å². The Balaban J connectivity index is 2.46. The number of rotatable bonds is 3. The van der Waals surface area contributed by atoms with Crippen LogP contribution in [0, 0.1) is 0 Å². The number of nitrogens with zero attached hydrogens (tertiary/aromatic N) is 3. The zero-order valence-corrected chi connectivity index (χ0v) is 13.3. The van der Waals surface area contributed by atoms with Crippen molar-refractivity contribution in [3.8, 4) is 0 Å². The molecule has 0 spiro atoms. The topological polar surface area (TPSA) is 65.1 Å². The van der Waals surface area contributed by atoms with Crippen molar-refractivity contribution in [1.29, 1.82) is 0 Å². The molecule has 5 nitrogen and oxygen atoms in total. The molecule has 6 heteroatoms. The molecule has 2 rings (SSSR count). The van der Waals surface area contributed by atoms with Crippen molar-refractivity contribution < 1.29 is 5.21 Å². The number of anilines is 1. The van der Waals surface area contributed by atoms with E-state index in [-0.39, 0.29) is 5.84 Å². The number of hydrogen-bond acceptors (Lipinski definition) is 4. The summed E-state index contributed by atoms with van der Waals surface area (Å²) in [6, 6.07) is 6.06. The first-order valence-corrected chi connectivity index (χ1v) is 7.67. The van der Waals surface area contributed by atoms with Gasteiger partial charge in [-0.25, -0.2) is 0 Å². The van der Waals surface area contributed by atoms with E-state index in [1.807, 2.05) is 12.1 Å². The number of halogens is 1. The Kier molecular flexibility index (Phi) is 5.31. The van der Waals surface area contributed by atoms with Gasteiger partial charge in [0.1, 0.15) is 0 Å². The molecule has 1 aromatic rings. The second kappa shape index (κ2) is 7.00. The zero-order valence-electron chi connectivity index (χ0n) is 12.6. The van der Waals surface area contributed by atoms with E-state index >= 15 is 0 Å². The molecule has 1 unspecified atom stereocenters. The van der Waals surface area contributed by atoms with Crippen LogP contribution in [0.5, 0.6) is 0 Å². The summed E-state index contributed by atoms with van der Waals surface area (Å²) >= 11 is 6.27. The molecule has 116 valence electrons. The fraction of sp³-hybridized carbons (Fsp3) is 0.533. The summed E-state index contributed by atoms with van der Waals surface area (Å²) in [6.07, 6.45) is 2.11.